The number of para-hydroxylation sites is 1. The maximum atomic E-state index is 13.3. The molecular formula is C27H24N4O5. The zero-order chi connectivity index (χ0) is 26.0. The molecule has 0 aliphatic carbocycles. The highest BCUT2D eigenvalue weighted by Crippen LogP contribution is 2.45. The van der Waals surface area contributed by atoms with Gasteiger partial charge in [0.25, 0.3) is 0 Å². The molecule has 1 aliphatic rings. The summed E-state index contributed by atoms with van der Waals surface area (Å²) in [7, 11) is 2.41. The molecule has 1 unspecified atom stereocenters. The van der Waals surface area contributed by atoms with Crippen LogP contribution in [0.25, 0.3) is 11.5 Å². The number of allylic oxidation sites excluding steroid dienone is 1. The molecule has 182 valence electrons. The van der Waals surface area contributed by atoms with Crippen molar-refractivity contribution in [2.24, 2.45) is 5.73 Å². The number of nitrogens with zero attached hydrogens (tertiary/aromatic N) is 3. The summed E-state index contributed by atoms with van der Waals surface area (Å²) >= 11 is 0. The Labute approximate surface area is 208 Å². The molecule has 1 atom stereocenters. The lowest BCUT2D eigenvalue weighted by molar-refractivity contribution is -0.139. The fraction of sp³-hybridized carbons (Fsp3) is 0.185. The number of rotatable bonds is 5. The highest BCUT2D eigenvalue weighted by Gasteiger charge is 2.43. The fourth-order valence-electron chi connectivity index (χ4n) is 4.20. The Kier molecular flexibility index (Phi) is 6.61. The molecule has 0 bridgehead atoms. The number of esters is 2. The van der Waals surface area contributed by atoms with Crippen molar-refractivity contribution in [1.29, 1.82) is 5.26 Å². The second kappa shape index (κ2) is 9.80. The van der Waals surface area contributed by atoms with E-state index in [0.29, 0.717) is 34.2 Å². The van der Waals surface area contributed by atoms with Crippen molar-refractivity contribution in [2.75, 3.05) is 19.1 Å². The third-order valence-electron chi connectivity index (χ3n) is 6.01. The number of methoxy groups -OCH3 is 2. The van der Waals surface area contributed by atoms with Crippen molar-refractivity contribution in [3.05, 3.63) is 94.3 Å². The van der Waals surface area contributed by atoms with Gasteiger partial charge in [0.1, 0.15) is 17.3 Å². The van der Waals surface area contributed by atoms with Crippen LogP contribution in [0.15, 0.2) is 81.7 Å². The number of ether oxygens (including phenoxy) is 2. The second-order valence-corrected chi connectivity index (χ2v) is 8.01. The molecule has 0 fully saturated rings. The van der Waals surface area contributed by atoms with Crippen LogP contribution in [0.5, 0.6) is 0 Å². The third kappa shape index (κ3) is 3.99. The van der Waals surface area contributed by atoms with E-state index in [0.717, 1.165) is 0 Å². The highest BCUT2D eigenvalue weighted by atomic mass is 16.5. The number of carbonyl (C=O) groups is 2. The summed E-state index contributed by atoms with van der Waals surface area (Å²) in [5.41, 5.74) is 8.59. The maximum Gasteiger partial charge on any atom is 0.355 e. The largest absolute Gasteiger partial charge is 0.466 e. The van der Waals surface area contributed by atoms with Crippen LogP contribution in [0.2, 0.25) is 0 Å². The first-order chi connectivity index (χ1) is 17.3. The number of nitrogens with two attached hydrogens (primary N) is 1. The van der Waals surface area contributed by atoms with Gasteiger partial charge in [-0.3, -0.25) is 4.90 Å². The molecule has 4 rings (SSSR count). The minimum atomic E-state index is -0.951. The van der Waals surface area contributed by atoms with Gasteiger partial charge in [0, 0.05) is 0 Å². The van der Waals surface area contributed by atoms with Crippen molar-refractivity contribution in [2.45, 2.75) is 19.8 Å². The van der Waals surface area contributed by atoms with Gasteiger partial charge in [0.05, 0.1) is 54.3 Å². The summed E-state index contributed by atoms with van der Waals surface area (Å²) in [6.45, 7) is 3.60. The molecule has 9 heteroatoms. The lowest BCUT2D eigenvalue weighted by Gasteiger charge is -2.36. The molecule has 2 N–H and O–H groups in total. The van der Waals surface area contributed by atoms with Crippen LogP contribution in [0.4, 0.5) is 5.69 Å². The number of hydrogen-bond acceptors (Lipinski definition) is 9. The molecular weight excluding hydrogens is 460 g/mol. The summed E-state index contributed by atoms with van der Waals surface area (Å²) in [4.78, 5) is 32.3. The van der Waals surface area contributed by atoms with E-state index in [1.54, 1.807) is 61.5 Å². The lowest BCUT2D eigenvalue weighted by atomic mass is 9.80. The first-order valence-corrected chi connectivity index (χ1v) is 11.0. The number of benzene rings is 2. The van der Waals surface area contributed by atoms with Crippen LogP contribution >= 0.6 is 0 Å². The van der Waals surface area contributed by atoms with E-state index in [-0.39, 0.29) is 22.7 Å². The summed E-state index contributed by atoms with van der Waals surface area (Å²) < 4.78 is 16.0. The Morgan fingerprint density at radius 1 is 1.03 bits per heavy atom. The third-order valence-corrected chi connectivity index (χ3v) is 6.01. The van der Waals surface area contributed by atoms with E-state index in [4.69, 9.17) is 19.6 Å². The van der Waals surface area contributed by atoms with Crippen LogP contribution in [-0.2, 0) is 19.1 Å². The fourth-order valence-corrected chi connectivity index (χ4v) is 4.20. The van der Waals surface area contributed by atoms with Crippen LogP contribution in [-0.4, -0.2) is 31.1 Å². The van der Waals surface area contributed by atoms with Gasteiger partial charge in [-0.1, -0.05) is 42.5 Å². The van der Waals surface area contributed by atoms with Gasteiger partial charge in [0.2, 0.25) is 5.89 Å². The van der Waals surface area contributed by atoms with Crippen LogP contribution in [0, 0.1) is 25.2 Å². The quantitative estimate of drug-likeness (QED) is 0.536. The standard InChI is InChI=1S/C27H24N4O5/c1-15-16(2)36-25(30-15)18-12-8-9-13-20(18)31-23(27(33)35-4)22(26(32)34-3)21(19(14-28)24(31)29)17-10-6-5-7-11-17/h5-13,21H,29H2,1-4H3. The van der Waals surface area contributed by atoms with E-state index in [1.165, 1.54) is 19.1 Å². The van der Waals surface area contributed by atoms with Crippen molar-refractivity contribution in [3.63, 3.8) is 0 Å². The minimum Gasteiger partial charge on any atom is -0.466 e. The van der Waals surface area contributed by atoms with Crippen molar-refractivity contribution >= 4 is 17.6 Å². The smallest absolute Gasteiger partial charge is 0.355 e. The van der Waals surface area contributed by atoms with E-state index in [2.05, 4.69) is 11.1 Å². The molecule has 1 aromatic heterocycles. The number of aryl methyl sites for hydroxylation is 2. The normalized spacial score (nSPS) is 15.5. The van der Waals surface area contributed by atoms with E-state index >= 15 is 0 Å². The molecule has 2 aromatic carbocycles. The van der Waals surface area contributed by atoms with E-state index in [9.17, 15) is 14.9 Å². The molecule has 9 nitrogen and oxygen atoms in total. The lowest BCUT2D eigenvalue weighted by Crippen LogP contribution is -2.41. The number of nitriles is 1. The molecule has 0 saturated heterocycles. The summed E-state index contributed by atoms with van der Waals surface area (Å²) in [5, 5.41) is 10.2. The minimum absolute atomic E-state index is 0.0353. The molecule has 1 aliphatic heterocycles. The molecule has 2 heterocycles. The SMILES string of the molecule is COC(=O)C1=C(C(=O)OC)N(c2ccccc2-c2nc(C)c(C)o2)C(N)=C(C#N)C1c1ccccc1. The van der Waals surface area contributed by atoms with Gasteiger partial charge in [0.15, 0.2) is 0 Å². The van der Waals surface area contributed by atoms with Crippen LogP contribution < -0.4 is 10.6 Å². The number of oxazole rings is 1. The average molecular weight is 485 g/mol. The Morgan fingerprint density at radius 3 is 2.25 bits per heavy atom. The van der Waals surface area contributed by atoms with Gasteiger partial charge >= 0.3 is 11.9 Å². The Hall–Kier alpha value is -4.84. The van der Waals surface area contributed by atoms with Gasteiger partial charge in [-0.15, -0.1) is 0 Å². The van der Waals surface area contributed by atoms with Crippen molar-refractivity contribution < 1.29 is 23.5 Å². The molecule has 36 heavy (non-hydrogen) atoms. The van der Waals surface area contributed by atoms with Crippen LogP contribution in [0.1, 0.15) is 22.9 Å². The van der Waals surface area contributed by atoms with Crippen molar-refractivity contribution in [1.82, 2.24) is 4.98 Å². The van der Waals surface area contributed by atoms with E-state index in [1.807, 2.05) is 6.92 Å². The Balaban J connectivity index is 2.09. The summed E-state index contributed by atoms with van der Waals surface area (Å²) in [6.07, 6.45) is 0. The highest BCUT2D eigenvalue weighted by molar-refractivity contribution is 6.07. The second-order valence-electron chi connectivity index (χ2n) is 8.01. The number of anilines is 1. The molecule has 0 amide bonds. The zero-order valence-electron chi connectivity index (χ0n) is 20.2. The van der Waals surface area contributed by atoms with Gasteiger partial charge in [-0.25, -0.2) is 14.6 Å². The first-order valence-electron chi connectivity index (χ1n) is 11.0. The molecule has 0 spiro atoms. The number of aromatic nitrogens is 1. The summed E-state index contributed by atoms with van der Waals surface area (Å²) in [6, 6.07) is 17.9. The summed E-state index contributed by atoms with van der Waals surface area (Å²) in [5.74, 6) is -1.69. The Bertz CT molecular complexity index is 1430. The van der Waals surface area contributed by atoms with Crippen molar-refractivity contribution in [3.8, 4) is 17.5 Å². The van der Waals surface area contributed by atoms with E-state index < -0.39 is 17.9 Å². The average Bonchev–Trinajstić information content (AvgIpc) is 3.25. The first kappa shape index (κ1) is 24.3. The molecule has 0 saturated carbocycles. The Morgan fingerprint density at radius 2 is 1.67 bits per heavy atom. The van der Waals surface area contributed by atoms with Gasteiger partial charge < -0.3 is 19.6 Å². The molecule has 0 radical (unpaired) electrons. The maximum absolute atomic E-state index is 13.3. The molecule has 3 aromatic rings. The topological polar surface area (TPSA) is 132 Å². The van der Waals surface area contributed by atoms with Gasteiger partial charge in [-0.05, 0) is 31.5 Å². The predicted molar refractivity (Wildman–Crippen MR) is 131 cm³/mol. The predicted octanol–water partition coefficient (Wildman–Crippen LogP) is 3.86. The van der Waals surface area contributed by atoms with Crippen LogP contribution in [0.3, 0.4) is 0 Å². The monoisotopic (exact) mass is 484 g/mol. The van der Waals surface area contributed by atoms with Gasteiger partial charge in [-0.2, -0.15) is 5.26 Å². The number of carbonyl (C=O) groups excluding carboxylic acids is 2. The number of hydrogen-bond donors (Lipinski definition) is 1. The zero-order valence-corrected chi connectivity index (χ0v) is 20.2.